The summed E-state index contributed by atoms with van der Waals surface area (Å²) in [5.74, 6) is 0.816. The van der Waals surface area contributed by atoms with Gasteiger partial charge in [0.15, 0.2) is 0 Å². The van der Waals surface area contributed by atoms with Gasteiger partial charge in [-0.1, -0.05) is 52.9 Å². The van der Waals surface area contributed by atoms with Crippen molar-refractivity contribution in [2.45, 2.75) is 90.7 Å². The van der Waals surface area contributed by atoms with Crippen molar-refractivity contribution in [3.05, 3.63) is 0 Å². The van der Waals surface area contributed by atoms with E-state index in [-0.39, 0.29) is 5.60 Å². The van der Waals surface area contributed by atoms with Crippen LogP contribution in [0.3, 0.4) is 0 Å². The van der Waals surface area contributed by atoms with Crippen molar-refractivity contribution in [1.82, 2.24) is 5.32 Å². The molecular weight excluding hydrogens is 234 g/mol. The Hall–Kier alpha value is -0.0800. The summed E-state index contributed by atoms with van der Waals surface area (Å²) in [4.78, 5) is 0. The molecule has 0 aromatic heterocycles. The fourth-order valence-electron chi connectivity index (χ4n) is 3.56. The fourth-order valence-corrected chi connectivity index (χ4v) is 3.56. The van der Waals surface area contributed by atoms with Gasteiger partial charge in [-0.15, -0.1) is 0 Å². The molecule has 1 fully saturated rings. The van der Waals surface area contributed by atoms with Crippen LogP contribution in [0.4, 0.5) is 0 Å². The summed E-state index contributed by atoms with van der Waals surface area (Å²) in [6.07, 6.45) is 10.5. The van der Waals surface area contributed by atoms with E-state index < -0.39 is 0 Å². The number of hydrogen-bond donors (Lipinski definition) is 1. The molecule has 0 aromatic carbocycles. The summed E-state index contributed by atoms with van der Waals surface area (Å²) in [7, 11) is 0. The van der Waals surface area contributed by atoms with E-state index in [0.717, 1.165) is 19.1 Å². The predicted octanol–water partition coefficient (Wildman–Crippen LogP) is 4.53. The normalized spacial score (nSPS) is 20.7. The highest BCUT2D eigenvalue weighted by molar-refractivity contribution is 4.95. The van der Waals surface area contributed by atoms with Crippen molar-refractivity contribution in [2.24, 2.45) is 5.92 Å². The van der Waals surface area contributed by atoms with Crippen LogP contribution in [0.15, 0.2) is 0 Å². The predicted molar refractivity (Wildman–Crippen MR) is 83.6 cm³/mol. The maximum absolute atomic E-state index is 6.28. The third-order valence-corrected chi connectivity index (χ3v) is 4.49. The smallest absolute Gasteiger partial charge is 0.0834 e. The lowest BCUT2D eigenvalue weighted by molar-refractivity contribution is -0.0916. The summed E-state index contributed by atoms with van der Waals surface area (Å²) in [6.45, 7) is 10.9. The Morgan fingerprint density at radius 2 is 1.74 bits per heavy atom. The van der Waals surface area contributed by atoms with E-state index in [9.17, 15) is 0 Å². The molecule has 1 unspecified atom stereocenters. The molecule has 1 saturated carbocycles. The second kappa shape index (κ2) is 8.97. The molecule has 0 aromatic rings. The van der Waals surface area contributed by atoms with Crippen molar-refractivity contribution in [1.29, 1.82) is 0 Å². The average molecular weight is 269 g/mol. The molecule has 114 valence electrons. The molecule has 0 heterocycles. The Morgan fingerprint density at radius 3 is 2.26 bits per heavy atom. The first-order chi connectivity index (χ1) is 9.14. The maximum atomic E-state index is 6.28. The number of rotatable bonds is 9. The van der Waals surface area contributed by atoms with Gasteiger partial charge >= 0.3 is 0 Å². The van der Waals surface area contributed by atoms with E-state index in [0.29, 0.717) is 6.04 Å². The van der Waals surface area contributed by atoms with Crippen LogP contribution in [0.25, 0.3) is 0 Å². The standard InChI is InChI=1S/C17H35NO/c1-5-18-16(12-10-11-15(3)4)17(19-6-2)13-8-7-9-14-17/h15-16,18H,5-14H2,1-4H3. The van der Waals surface area contributed by atoms with Crippen molar-refractivity contribution >= 4 is 0 Å². The van der Waals surface area contributed by atoms with Crippen LogP contribution in [0.1, 0.15) is 79.1 Å². The summed E-state index contributed by atoms with van der Waals surface area (Å²) >= 11 is 0. The van der Waals surface area contributed by atoms with Crippen LogP contribution in [0.2, 0.25) is 0 Å². The average Bonchev–Trinajstić information content (AvgIpc) is 2.39. The lowest BCUT2D eigenvalue weighted by Crippen LogP contribution is -2.53. The van der Waals surface area contributed by atoms with Crippen LogP contribution in [-0.2, 0) is 4.74 Å². The highest BCUT2D eigenvalue weighted by atomic mass is 16.5. The van der Waals surface area contributed by atoms with E-state index >= 15 is 0 Å². The topological polar surface area (TPSA) is 21.3 Å². The van der Waals surface area contributed by atoms with E-state index in [1.54, 1.807) is 0 Å². The fraction of sp³-hybridized carbons (Fsp3) is 1.00. The zero-order chi connectivity index (χ0) is 14.1. The van der Waals surface area contributed by atoms with Crippen molar-refractivity contribution in [3.8, 4) is 0 Å². The second-order valence-electron chi connectivity index (χ2n) is 6.49. The Morgan fingerprint density at radius 1 is 1.05 bits per heavy atom. The highest BCUT2D eigenvalue weighted by Crippen LogP contribution is 2.36. The van der Waals surface area contributed by atoms with Gasteiger partial charge in [-0.05, 0) is 38.6 Å². The Kier molecular flexibility index (Phi) is 8.01. The van der Waals surface area contributed by atoms with E-state index in [4.69, 9.17) is 4.74 Å². The Labute approximate surface area is 120 Å². The van der Waals surface area contributed by atoms with Crippen LogP contribution in [0.5, 0.6) is 0 Å². The molecule has 2 heteroatoms. The first-order valence-electron chi connectivity index (χ1n) is 8.52. The number of ether oxygens (including phenoxy) is 1. The van der Waals surface area contributed by atoms with Gasteiger partial charge < -0.3 is 10.1 Å². The summed E-state index contributed by atoms with van der Waals surface area (Å²) < 4.78 is 6.28. The molecule has 0 bridgehead atoms. The number of hydrogen-bond acceptors (Lipinski definition) is 2. The van der Waals surface area contributed by atoms with Gasteiger partial charge in [-0.3, -0.25) is 0 Å². The molecule has 0 saturated heterocycles. The van der Waals surface area contributed by atoms with Gasteiger partial charge in [0, 0.05) is 12.6 Å². The Balaban J connectivity index is 2.62. The summed E-state index contributed by atoms with van der Waals surface area (Å²) in [6, 6.07) is 0.552. The zero-order valence-corrected chi connectivity index (χ0v) is 13.6. The van der Waals surface area contributed by atoms with Crippen molar-refractivity contribution in [2.75, 3.05) is 13.2 Å². The molecule has 19 heavy (non-hydrogen) atoms. The lowest BCUT2D eigenvalue weighted by Gasteiger charge is -2.44. The van der Waals surface area contributed by atoms with Crippen molar-refractivity contribution < 1.29 is 4.74 Å². The number of likely N-dealkylation sites (N-methyl/N-ethyl adjacent to an activating group) is 1. The number of nitrogens with one attached hydrogen (secondary N) is 1. The minimum absolute atomic E-state index is 0.125. The quantitative estimate of drug-likeness (QED) is 0.664. The van der Waals surface area contributed by atoms with Crippen LogP contribution >= 0.6 is 0 Å². The maximum Gasteiger partial charge on any atom is 0.0834 e. The van der Waals surface area contributed by atoms with Gasteiger partial charge in [0.25, 0.3) is 0 Å². The summed E-state index contributed by atoms with van der Waals surface area (Å²) in [5, 5.41) is 3.73. The van der Waals surface area contributed by atoms with Crippen LogP contribution < -0.4 is 5.32 Å². The zero-order valence-electron chi connectivity index (χ0n) is 13.6. The van der Waals surface area contributed by atoms with Gasteiger partial charge in [-0.25, -0.2) is 0 Å². The van der Waals surface area contributed by atoms with E-state index in [2.05, 4.69) is 33.0 Å². The third-order valence-electron chi connectivity index (χ3n) is 4.49. The molecule has 0 radical (unpaired) electrons. The third kappa shape index (κ3) is 5.43. The molecule has 1 aliphatic carbocycles. The van der Waals surface area contributed by atoms with Gasteiger partial charge in [0.2, 0.25) is 0 Å². The van der Waals surface area contributed by atoms with Gasteiger partial charge in [-0.2, -0.15) is 0 Å². The molecule has 1 rings (SSSR count). The SMILES string of the molecule is CCNC(CCCC(C)C)C1(OCC)CCCCC1. The van der Waals surface area contributed by atoms with Gasteiger partial charge in [0.05, 0.1) is 5.60 Å². The summed E-state index contributed by atoms with van der Waals surface area (Å²) in [5.41, 5.74) is 0.125. The van der Waals surface area contributed by atoms with Gasteiger partial charge in [0.1, 0.15) is 0 Å². The monoisotopic (exact) mass is 269 g/mol. The molecule has 1 aliphatic rings. The van der Waals surface area contributed by atoms with Crippen molar-refractivity contribution in [3.63, 3.8) is 0 Å². The molecule has 0 amide bonds. The first-order valence-corrected chi connectivity index (χ1v) is 8.52. The minimum Gasteiger partial charge on any atom is -0.374 e. The Bertz CT molecular complexity index is 216. The van der Waals surface area contributed by atoms with Crippen LogP contribution in [-0.4, -0.2) is 24.8 Å². The lowest BCUT2D eigenvalue weighted by atomic mass is 9.77. The minimum atomic E-state index is 0.125. The van der Waals surface area contributed by atoms with Crippen LogP contribution in [0, 0.1) is 5.92 Å². The molecule has 0 aliphatic heterocycles. The first kappa shape index (κ1) is 17.0. The molecular formula is C17H35NO. The second-order valence-corrected chi connectivity index (χ2v) is 6.49. The molecule has 1 N–H and O–H groups in total. The largest absolute Gasteiger partial charge is 0.374 e. The highest BCUT2D eigenvalue weighted by Gasteiger charge is 2.39. The molecule has 1 atom stereocenters. The molecule has 2 nitrogen and oxygen atoms in total. The van der Waals surface area contributed by atoms with E-state index in [1.807, 2.05) is 0 Å². The molecule has 0 spiro atoms. The van der Waals surface area contributed by atoms with E-state index in [1.165, 1.54) is 51.4 Å².